The largest absolute Gasteiger partial charge is 0.493 e. The molecule has 0 bridgehead atoms. The lowest BCUT2D eigenvalue weighted by molar-refractivity contribution is 0.0708. The average Bonchev–Trinajstić information content (AvgIpc) is 3.64. The molecule has 0 spiro atoms. The van der Waals surface area contributed by atoms with E-state index in [2.05, 4.69) is 20.8 Å². The van der Waals surface area contributed by atoms with Crippen LogP contribution in [0.15, 0.2) is 47.0 Å². The van der Waals surface area contributed by atoms with E-state index >= 15 is 0 Å². The number of rotatable bonds is 7. The van der Waals surface area contributed by atoms with Crippen molar-refractivity contribution in [3.63, 3.8) is 0 Å². The van der Waals surface area contributed by atoms with Crippen molar-refractivity contribution in [1.29, 1.82) is 0 Å². The van der Waals surface area contributed by atoms with Gasteiger partial charge in [0, 0.05) is 41.9 Å². The summed E-state index contributed by atoms with van der Waals surface area (Å²) >= 11 is 0. The zero-order valence-corrected chi connectivity index (χ0v) is 20.3. The molecule has 3 amide bonds. The van der Waals surface area contributed by atoms with Crippen LogP contribution in [-0.4, -0.2) is 60.3 Å². The van der Waals surface area contributed by atoms with Gasteiger partial charge in [-0.1, -0.05) is 17.3 Å². The summed E-state index contributed by atoms with van der Waals surface area (Å²) < 4.78 is 15.9. The molecule has 2 heterocycles. The summed E-state index contributed by atoms with van der Waals surface area (Å²) in [6.07, 6.45) is 3.51. The summed E-state index contributed by atoms with van der Waals surface area (Å²) in [5.41, 5.74) is 1.97. The van der Waals surface area contributed by atoms with Gasteiger partial charge in [0.25, 0.3) is 5.91 Å². The monoisotopic (exact) mass is 491 g/mol. The van der Waals surface area contributed by atoms with Crippen LogP contribution in [0.1, 0.15) is 47.8 Å². The van der Waals surface area contributed by atoms with Crippen LogP contribution in [0, 0.1) is 0 Å². The molecule has 0 radical (unpaired) electrons. The Hall–Kier alpha value is -4.08. The molecule has 2 aromatic carbocycles. The summed E-state index contributed by atoms with van der Waals surface area (Å²) in [4.78, 5) is 31.8. The Kier molecular flexibility index (Phi) is 6.75. The Morgan fingerprint density at radius 3 is 2.50 bits per heavy atom. The smallest absolute Gasteiger partial charge is 0.319 e. The summed E-state index contributed by atoms with van der Waals surface area (Å²) in [7, 11) is 3.10. The minimum Gasteiger partial charge on any atom is -0.493 e. The molecule has 36 heavy (non-hydrogen) atoms. The quantitative estimate of drug-likeness (QED) is 0.512. The van der Waals surface area contributed by atoms with E-state index in [0.717, 1.165) is 18.4 Å². The summed E-state index contributed by atoms with van der Waals surface area (Å²) in [5, 5.41) is 9.96. The zero-order chi connectivity index (χ0) is 25.1. The van der Waals surface area contributed by atoms with E-state index in [-0.39, 0.29) is 18.0 Å². The number of nitrogens with one attached hydrogen (secondary N) is 2. The van der Waals surface area contributed by atoms with Gasteiger partial charge in [0.1, 0.15) is 0 Å². The topological polar surface area (TPSA) is 119 Å². The molecule has 0 unspecified atom stereocenters. The zero-order valence-electron chi connectivity index (χ0n) is 20.3. The van der Waals surface area contributed by atoms with Crippen molar-refractivity contribution in [2.75, 3.05) is 32.6 Å². The molecule has 5 rings (SSSR count). The van der Waals surface area contributed by atoms with E-state index in [1.54, 1.807) is 37.3 Å². The molecule has 2 fully saturated rings. The standard InChI is InChI=1S/C26H29N5O5/c1-34-21-9-8-18(15-22(21)35-2)25(32)31-12-10-19(11-13-31)27-26(33)28-20-5-3-4-17(14-20)23-29-24(36-30-23)16-6-7-16/h3-5,8-9,14-16,19H,6-7,10-13H2,1-2H3,(H2,27,28,33). The Balaban J connectivity index is 1.13. The Labute approximate surface area is 209 Å². The van der Waals surface area contributed by atoms with Crippen molar-refractivity contribution in [2.45, 2.75) is 37.6 Å². The lowest BCUT2D eigenvalue weighted by Gasteiger charge is -2.32. The number of methoxy groups -OCH3 is 2. The number of amides is 3. The molecule has 1 saturated heterocycles. The number of anilines is 1. The Bertz CT molecular complexity index is 1250. The van der Waals surface area contributed by atoms with E-state index in [4.69, 9.17) is 14.0 Å². The van der Waals surface area contributed by atoms with Crippen molar-refractivity contribution in [3.8, 4) is 22.9 Å². The fourth-order valence-electron chi connectivity index (χ4n) is 4.32. The number of benzene rings is 2. The van der Waals surface area contributed by atoms with Gasteiger partial charge in [-0.05, 0) is 56.0 Å². The first-order chi connectivity index (χ1) is 17.5. The van der Waals surface area contributed by atoms with Crippen LogP contribution in [0.25, 0.3) is 11.4 Å². The summed E-state index contributed by atoms with van der Waals surface area (Å²) in [6, 6.07) is 12.2. The lowest BCUT2D eigenvalue weighted by Crippen LogP contribution is -2.47. The molecule has 1 saturated carbocycles. The molecule has 2 aliphatic rings. The first kappa shape index (κ1) is 23.7. The Morgan fingerprint density at radius 1 is 1.00 bits per heavy atom. The molecule has 1 aliphatic heterocycles. The van der Waals surface area contributed by atoms with Gasteiger partial charge in [-0.25, -0.2) is 4.79 Å². The normalized spacial score (nSPS) is 15.9. The highest BCUT2D eigenvalue weighted by Gasteiger charge is 2.30. The van der Waals surface area contributed by atoms with Crippen LogP contribution >= 0.6 is 0 Å². The van der Waals surface area contributed by atoms with Crippen LogP contribution in [0.3, 0.4) is 0 Å². The van der Waals surface area contributed by atoms with E-state index in [9.17, 15) is 9.59 Å². The van der Waals surface area contributed by atoms with E-state index in [0.29, 0.717) is 66.3 Å². The highest BCUT2D eigenvalue weighted by molar-refractivity contribution is 5.95. The summed E-state index contributed by atoms with van der Waals surface area (Å²) in [5.74, 6) is 2.61. The van der Waals surface area contributed by atoms with Gasteiger partial charge >= 0.3 is 6.03 Å². The van der Waals surface area contributed by atoms with E-state index < -0.39 is 0 Å². The van der Waals surface area contributed by atoms with Crippen molar-refractivity contribution < 1.29 is 23.6 Å². The number of hydrogen-bond donors (Lipinski definition) is 2. The number of hydrogen-bond acceptors (Lipinski definition) is 7. The van der Waals surface area contributed by atoms with Crippen molar-refractivity contribution in [3.05, 3.63) is 53.9 Å². The third kappa shape index (κ3) is 5.27. The Morgan fingerprint density at radius 2 is 1.78 bits per heavy atom. The molecular formula is C26H29N5O5. The second kappa shape index (κ2) is 10.3. The fraction of sp³-hybridized carbons (Fsp3) is 0.385. The van der Waals surface area contributed by atoms with Gasteiger partial charge in [0.05, 0.1) is 14.2 Å². The van der Waals surface area contributed by atoms with Crippen molar-refractivity contribution in [1.82, 2.24) is 20.4 Å². The fourth-order valence-corrected chi connectivity index (χ4v) is 4.32. The van der Waals surface area contributed by atoms with E-state index in [1.807, 2.05) is 24.3 Å². The number of ether oxygens (including phenoxy) is 2. The molecule has 2 N–H and O–H groups in total. The van der Waals surface area contributed by atoms with Crippen LogP contribution < -0.4 is 20.1 Å². The number of carbonyl (C=O) groups excluding carboxylic acids is 2. The second-order valence-corrected chi connectivity index (χ2v) is 9.05. The number of nitrogens with zero attached hydrogens (tertiary/aromatic N) is 3. The van der Waals surface area contributed by atoms with Gasteiger partial charge < -0.3 is 29.5 Å². The lowest BCUT2D eigenvalue weighted by atomic mass is 10.0. The maximum Gasteiger partial charge on any atom is 0.319 e. The predicted octanol–water partition coefficient (Wildman–Crippen LogP) is 4.06. The van der Waals surface area contributed by atoms with Crippen molar-refractivity contribution in [2.24, 2.45) is 0 Å². The molecule has 1 aromatic heterocycles. The molecule has 1 aliphatic carbocycles. The van der Waals surface area contributed by atoms with Crippen molar-refractivity contribution >= 4 is 17.6 Å². The second-order valence-electron chi connectivity index (χ2n) is 9.05. The third-order valence-electron chi connectivity index (χ3n) is 6.49. The predicted molar refractivity (Wildman–Crippen MR) is 132 cm³/mol. The van der Waals surface area contributed by atoms with Gasteiger partial charge in [-0.3, -0.25) is 4.79 Å². The minimum atomic E-state index is -0.288. The highest BCUT2D eigenvalue weighted by atomic mass is 16.5. The SMILES string of the molecule is COc1ccc(C(=O)N2CCC(NC(=O)Nc3cccc(-c4noc(C5CC5)n4)c3)CC2)cc1OC. The first-order valence-electron chi connectivity index (χ1n) is 12.1. The maximum absolute atomic E-state index is 12.9. The number of piperidine rings is 1. The van der Waals surface area contributed by atoms with Crippen LogP contribution in [0.4, 0.5) is 10.5 Å². The molecule has 10 heteroatoms. The highest BCUT2D eigenvalue weighted by Crippen LogP contribution is 2.39. The first-order valence-corrected chi connectivity index (χ1v) is 12.1. The van der Waals surface area contributed by atoms with Gasteiger partial charge in [-0.2, -0.15) is 4.98 Å². The van der Waals surface area contributed by atoms with Gasteiger partial charge in [0.2, 0.25) is 11.7 Å². The molecular weight excluding hydrogens is 462 g/mol. The number of carbonyl (C=O) groups is 2. The van der Waals surface area contributed by atoms with Gasteiger partial charge in [-0.15, -0.1) is 0 Å². The molecule has 188 valence electrons. The van der Waals surface area contributed by atoms with Crippen LogP contribution in [0.2, 0.25) is 0 Å². The molecule has 0 atom stereocenters. The van der Waals surface area contributed by atoms with Crippen LogP contribution in [0.5, 0.6) is 11.5 Å². The molecule has 3 aromatic rings. The maximum atomic E-state index is 12.9. The minimum absolute atomic E-state index is 0.0269. The van der Waals surface area contributed by atoms with Gasteiger partial charge in [0.15, 0.2) is 11.5 Å². The average molecular weight is 492 g/mol. The molecule has 10 nitrogen and oxygen atoms in total. The number of likely N-dealkylation sites (tertiary alicyclic amines) is 1. The number of aromatic nitrogens is 2. The van der Waals surface area contributed by atoms with E-state index in [1.165, 1.54) is 0 Å². The van der Waals surface area contributed by atoms with Crippen LogP contribution in [-0.2, 0) is 0 Å². The number of urea groups is 1. The summed E-state index contributed by atoms with van der Waals surface area (Å²) in [6.45, 7) is 1.10. The third-order valence-corrected chi connectivity index (χ3v) is 6.49.